The largest absolute Gasteiger partial charge is 0.432 e. The molecule has 0 saturated carbocycles. The van der Waals surface area contributed by atoms with Gasteiger partial charge in [-0.25, -0.2) is 4.79 Å². The maximum absolute atomic E-state index is 12.2. The minimum absolute atomic E-state index is 0.334. The van der Waals surface area contributed by atoms with E-state index < -0.39 is 20.9 Å². The van der Waals surface area contributed by atoms with Crippen LogP contribution in [0.3, 0.4) is 0 Å². The zero-order valence-corrected chi connectivity index (χ0v) is 17.0. The monoisotopic (exact) mass is 410 g/mol. The van der Waals surface area contributed by atoms with Crippen LogP contribution < -0.4 is 0 Å². The average Bonchev–Trinajstić information content (AvgIpc) is 2.77. The van der Waals surface area contributed by atoms with Crippen molar-refractivity contribution in [3.8, 4) is 0 Å². The normalized spacial score (nSPS) is 11.9. The van der Waals surface area contributed by atoms with Crippen molar-refractivity contribution in [2.45, 2.75) is 26.4 Å². The summed E-state index contributed by atoms with van der Waals surface area (Å²) in [6, 6.07) is 28.3. The molecule has 0 radical (unpaired) electrons. The van der Waals surface area contributed by atoms with Gasteiger partial charge in [0.25, 0.3) is 0 Å². The van der Waals surface area contributed by atoms with Crippen molar-refractivity contribution in [3.05, 3.63) is 108 Å². The molecule has 0 amide bonds. The molecule has 0 bridgehead atoms. The predicted octanol–water partition coefficient (Wildman–Crippen LogP) is 5.87. The maximum Gasteiger partial charge on any atom is 0.340 e. The Bertz CT molecular complexity index is 815. The Balaban J connectivity index is 1.57. The lowest BCUT2D eigenvalue weighted by atomic mass is 10.2. The van der Waals surface area contributed by atoms with Gasteiger partial charge in [-0.05, 0) is 30.2 Å². The second-order valence-corrected chi connectivity index (χ2v) is 7.36. The van der Waals surface area contributed by atoms with E-state index in [2.05, 4.69) is 0 Å². The van der Waals surface area contributed by atoms with Crippen molar-refractivity contribution in [3.63, 3.8) is 0 Å². The van der Waals surface area contributed by atoms with E-state index in [1.807, 2.05) is 66.7 Å². The van der Waals surface area contributed by atoms with Gasteiger partial charge in [-0.3, -0.25) is 4.52 Å². The summed E-state index contributed by atoms with van der Waals surface area (Å²) >= 11 is 0. The van der Waals surface area contributed by atoms with Gasteiger partial charge in [-0.15, -0.1) is 0 Å². The van der Waals surface area contributed by atoms with Gasteiger partial charge in [0, 0.05) is 0 Å². The fourth-order valence-corrected chi connectivity index (χ4v) is 3.43. The summed E-state index contributed by atoms with van der Waals surface area (Å²) in [7, 11) is -1.72. The molecule has 0 aromatic heterocycles. The molecule has 150 valence electrons. The van der Waals surface area contributed by atoms with Gasteiger partial charge < -0.3 is 13.8 Å². The van der Waals surface area contributed by atoms with E-state index in [1.165, 1.54) is 0 Å². The van der Waals surface area contributed by atoms with E-state index in [1.54, 1.807) is 31.2 Å². The number of benzene rings is 3. The molecule has 1 unspecified atom stereocenters. The molecule has 3 aromatic rings. The van der Waals surface area contributed by atoms with E-state index in [0.717, 1.165) is 11.1 Å². The first-order chi connectivity index (χ1) is 14.2. The van der Waals surface area contributed by atoms with Gasteiger partial charge in [0.15, 0.2) is 0 Å². The molecular formula is C23H23O5P. The fourth-order valence-electron chi connectivity index (χ4n) is 2.44. The summed E-state index contributed by atoms with van der Waals surface area (Å²) in [4.78, 5) is 12.2. The van der Waals surface area contributed by atoms with E-state index in [0.29, 0.717) is 18.8 Å². The number of carbonyl (C=O) groups excluding carboxylic acids is 1. The van der Waals surface area contributed by atoms with Crippen LogP contribution >= 0.6 is 8.60 Å². The molecule has 0 aliphatic rings. The molecule has 29 heavy (non-hydrogen) atoms. The summed E-state index contributed by atoms with van der Waals surface area (Å²) in [6.07, 6.45) is -0.819. The second-order valence-electron chi connectivity index (χ2n) is 6.19. The van der Waals surface area contributed by atoms with Gasteiger partial charge in [0.2, 0.25) is 6.29 Å². The molecule has 0 aliphatic heterocycles. The fraction of sp³-hybridized carbons (Fsp3) is 0.174. The Kier molecular flexibility index (Phi) is 8.35. The third-order valence-corrected chi connectivity index (χ3v) is 5.02. The highest BCUT2D eigenvalue weighted by Gasteiger charge is 2.21. The lowest BCUT2D eigenvalue weighted by molar-refractivity contribution is -0.0487. The van der Waals surface area contributed by atoms with E-state index in [4.69, 9.17) is 18.3 Å². The summed E-state index contributed by atoms with van der Waals surface area (Å²) in [5, 5.41) is 0. The van der Waals surface area contributed by atoms with E-state index in [-0.39, 0.29) is 0 Å². The Morgan fingerprint density at radius 2 is 1.21 bits per heavy atom. The molecule has 1 atom stereocenters. The molecule has 0 N–H and O–H groups in total. The van der Waals surface area contributed by atoms with Gasteiger partial charge in [0.1, 0.15) is 0 Å². The number of esters is 1. The third-order valence-electron chi connectivity index (χ3n) is 3.88. The maximum atomic E-state index is 12.2. The zero-order chi connectivity index (χ0) is 20.3. The number of rotatable bonds is 10. The number of hydrogen-bond acceptors (Lipinski definition) is 5. The Morgan fingerprint density at radius 3 is 1.69 bits per heavy atom. The van der Waals surface area contributed by atoms with Crippen molar-refractivity contribution >= 4 is 14.6 Å². The summed E-state index contributed by atoms with van der Waals surface area (Å²) in [5.74, 6) is -0.459. The standard InChI is InChI=1S/C23H23O5P/c1-19(27-23(24)22-15-9-4-10-16-22)28-29(25-17-20-11-5-2-6-12-20)26-18-21-13-7-3-8-14-21/h2-16,19H,17-18H2,1H3. The molecule has 0 heterocycles. The van der Waals surface area contributed by atoms with Crippen molar-refractivity contribution in [1.29, 1.82) is 0 Å². The highest BCUT2D eigenvalue weighted by Crippen LogP contribution is 2.43. The molecule has 0 spiro atoms. The minimum atomic E-state index is -1.72. The SMILES string of the molecule is CC(OC(=O)c1ccccc1)OP(OCc1ccccc1)OCc1ccccc1. The van der Waals surface area contributed by atoms with Crippen LogP contribution in [0.15, 0.2) is 91.0 Å². The van der Waals surface area contributed by atoms with Crippen LogP contribution in [0.25, 0.3) is 0 Å². The molecule has 5 nitrogen and oxygen atoms in total. The van der Waals surface area contributed by atoms with Crippen molar-refractivity contribution < 1.29 is 23.1 Å². The quantitative estimate of drug-likeness (QED) is 0.238. The van der Waals surface area contributed by atoms with Crippen LogP contribution in [0.5, 0.6) is 0 Å². The van der Waals surface area contributed by atoms with Gasteiger partial charge in [0.05, 0.1) is 18.8 Å². The first-order valence-corrected chi connectivity index (χ1v) is 10.4. The van der Waals surface area contributed by atoms with E-state index >= 15 is 0 Å². The summed E-state index contributed by atoms with van der Waals surface area (Å²) in [5.41, 5.74) is 2.46. The van der Waals surface area contributed by atoms with Crippen LogP contribution in [-0.4, -0.2) is 12.3 Å². The Morgan fingerprint density at radius 1 is 0.759 bits per heavy atom. The van der Waals surface area contributed by atoms with Crippen LogP contribution in [-0.2, 0) is 31.5 Å². The minimum Gasteiger partial charge on any atom is -0.432 e. The Hall–Kier alpha value is -2.56. The molecule has 3 aromatic carbocycles. The van der Waals surface area contributed by atoms with Gasteiger partial charge in [-0.1, -0.05) is 78.9 Å². The van der Waals surface area contributed by atoms with Crippen LogP contribution in [0.4, 0.5) is 0 Å². The molecule has 6 heteroatoms. The highest BCUT2D eigenvalue weighted by atomic mass is 31.2. The van der Waals surface area contributed by atoms with Gasteiger partial charge >= 0.3 is 14.6 Å². The second kappa shape index (κ2) is 11.4. The van der Waals surface area contributed by atoms with Crippen molar-refractivity contribution in [2.24, 2.45) is 0 Å². The Labute approximate surface area is 172 Å². The summed E-state index contributed by atoms with van der Waals surface area (Å²) in [6.45, 7) is 2.31. The predicted molar refractivity (Wildman–Crippen MR) is 112 cm³/mol. The molecule has 0 aliphatic carbocycles. The number of carbonyl (C=O) groups is 1. The van der Waals surface area contributed by atoms with Crippen molar-refractivity contribution in [1.82, 2.24) is 0 Å². The average molecular weight is 410 g/mol. The molecule has 0 saturated heterocycles. The number of hydrogen-bond donors (Lipinski definition) is 0. The molecule has 0 fully saturated rings. The van der Waals surface area contributed by atoms with Crippen LogP contribution in [0.1, 0.15) is 28.4 Å². The van der Waals surface area contributed by atoms with Crippen LogP contribution in [0.2, 0.25) is 0 Å². The third kappa shape index (κ3) is 7.41. The molecule has 3 rings (SSSR count). The lowest BCUT2D eigenvalue weighted by Crippen LogP contribution is -2.17. The van der Waals surface area contributed by atoms with Crippen molar-refractivity contribution in [2.75, 3.05) is 0 Å². The topological polar surface area (TPSA) is 54.0 Å². The number of ether oxygens (including phenoxy) is 1. The van der Waals surface area contributed by atoms with Gasteiger partial charge in [-0.2, -0.15) is 0 Å². The first kappa shape index (κ1) is 21.2. The smallest absolute Gasteiger partial charge is 0.340 e. The van der Waals surface area contributed by atoms with Crippen LogP contribution in [0, 0.1) is 0 Å². The highest BCUT2D eigenvalue weighted by molar-refractivity contribution is 7.41. The lowest BCUT2D eigenvalue weighted by Gasteiger charge is -2.21. The first-order valence-electron chi connectivity index (χ1n) is 9.27. The summed E-state index contributed by atoms with van der Waals surface area (Å²) < 4.78 is 22.8. The zero-order valence-electron chi connectivity index (χ0n) is 16.1. The molecular weight excluding hydrogens is 387 g/mol. The van der Waals surface area contributed by atoms with E-state index in [9.17, 15) is 4.79 Å².